The number of rotatable bonds is 5. The van der Waals surface area contributed by atoms with Gasteiger partial charge in [0.1, 0.15) is 0 Å². The summed E-state index contributed by atoms with van der Waals surface area (Å²) in [6.07, 6.45) is 5.35. The van der Waals surface area contributed by atoms with E-state index in [1.54, 1.807) is 0 Å². The third-order valence-corrected chi connectivity index (χ3v) is 4.78. The van der Waals surface area contributed by atoms with Gasteiger partial charge in [-0.05, 0) is 39.0 Å². The molecular formula is C14H23BrO4. The Bertz CT molecular complexity index is 291. The lowest BCUT2D eigenvalue weighted by Crippen LogP contribution is -2.29. The molecule has 19 heavy (non-hydrogen) atoms. The molecule has 2 aliphatic rings. The van der Waals surface area contributed by atoms with Crippen LogP contribution >= 0.6 is 15.9 Å². The third kappa shape index (κ3) is 4.43. The molecule has 0 radical (unpaired) electrons. The number of hydrogen-bond donors (Lipinski definition) is 0. The average Bonchev–Trinajstić information content (AvgIpc) is 2.79. The third-order valence-electron chi connectivity index (χ3n) is 3.82. The second kappa shape index (κ2) is 7.60. The van der Waals surface area contributed by atoms with E-state index in [4.69, 9.17) is 14.2 Å². The number of ether oxygens (including phenoxy) is 3. The van der Waals surface area contributed by atoms with Gasteiger partial charge in [0, 0.05) is 11.4 Å². The number of alkyl halides is 1. The minimum absolute atomic E-state index is 0.0263. The molecule has 2 fully saturated rings. The van der Waals surface area contributed by atoms with Crippen LogP contribution in [0.25, 0.3) is 0 Å². The van der Waals surface area contributed by atoms with Crippen LogP contribution in [0.3, 0.4) is 0 Å². The fourth-order valence-electron chi connectivity index (χ4n) is 2.74. The van der Waals surface area contributed by atoms with Crippen LogP contribution in [0.1, 0.15) is 39.0 Å². The zero-order valence-electron chi connectivity index (χ0n) is 11.5. The lowest BCUT2D eigenvalue weighted by atomic mass is 10.1. The maximum Gasteiger partial charge on any atom is 0.309 e. The molecule has 110 valence electrons. The summed E-state index contributed by atoms with van der Waals surface area (Å²) in [6.45, 7) is 3.78. The highest BCUT2D eigenvalue weighted by Crippen LogP contribution is 2.34. The van der Waals surface area contributed by atoms with Crippen molar-refractivity contribution in [2.24, 2.45) is 5.92 Å². The zero-order valence-corrected chi connectivity index (χ0v) is 13.1. The van der Waals surface area contributed by atoms with Gasteiger partial charge in [0.15, 0.2) is 0 Å². The number of esters is 1. The van der Waals surface area contributed by atoms with Gasteiger partial charge in [0.2, 0.25) is 0 Å². The fraction of sp³-hybridized carbons (Fsp3) is 0.929. The normalized spacial score (nSPS) is 35.3. The molecule has 0 N–H and O–H groups in total. The van der Waals surface area contributed by atoms with Crippen molar-refractivity contribution in [1.82, 2.24) is 0 Å². The minimum Gasteiger partial charge on any atom is -0.466 e. The molecule has 2 rings (SSSR count). The quantitative estimate of drug-likeness (QED) is 0.572. The molecule has 4 unspecified atom stereocenters. The van der Waals surface area contributed by atoms with Gasteiger partial charge in [-0.3, -0.25) is 4.79 Å². The highest BCUT2D eigenvalue weighted by atomic mass is 79.9. The second-order valence-electron chi connectivity index (χ2n) is 5.30. The highest BCUT2D eigenvalue weighted by Gasteiger charge is 2.38. The summed E-state index contributed by atoms with van der Waals surface area (Å²) < 4.78 is 16.7. The Hall–Kier alpha value is -0.130. The largest absolute Gasteiger partial charge is 0.466 e. The van der Waals surface area contributed by atoms with Crippen molar-refractivity contribution in [1.29, 1.82) is 0 Å². The first kappa shape index (κ1) is 15.3. The van der Waals surface area contributed by atoms with E-state index in [1.165, 1.54) is 6.42 Å². The Morgan fingerprint density at radius 2 is 2.21 bits per heavy atom. The highest BCUT2D eigenvalue weighted by molar-refractivity contribution is 9.09. The summed E-state index contributed by atoms with van der Waals surface area (Å²) in [5.74, 6) is -0.117. The van der Waals surface area contributed by atoms with Crippen LogP contribution < -0.4 is 0 Å². The molecule has 0 spiro atoms. The maximum absolute atomic E-state index is 11.7. The molecule has 0 bridgehead atoms. The van der Waals surface area contributed by atoms with E-state index >= 15 is 0 Å². The van der Waals surface area contributed by atoms with E-state index in [0.29, 0.717) is 13.2 Å². The standard InChI is InChI=1S/C14H23BrO4/c1-2-17-14(16)10-7-12(15)13(8-10)19-9-11-5-3-4-6-18-11/h10-13H,2-9H2,1H3. The molecule has 0 amide bonds. The predicted molar refractivity (Wildman–Crippen MR) is 75.4 cm³/mol. The number of hydrogen-bond acceptors (Lipinski definition) is 4. The summed E-state index contributed by atoms with van der Waals surface area (Å²) >= 11 is 3.62. The lowest BCUT2D eigenvalue weighted by molar-refractivity contribution is -0.148. The van der Waals surface area contributed by atoms with Gasteiger partial charge >= 0.3 is 5.97 Å². The van der Waals surface area contributed by atoms with E-state index < -0.39 is 0 Å². The van der Waals surface area contributed by atoms with Crippen molar-refractivity contribution in [3.8, 4) is 0 Å². The van der Waals surface area contributed by atoms with Crippen molar-refractivity contribution in [3.63, 3.8) is 0 Å². The Morgan fingerprint density at radius 1 is 1.37 bits per heavy atom. The van der Waals surface area contributed by atoms with Crippen LogP contribution in [0.4, 0.5) is 0 Å². The molecule has 4 nitrogen and oxygen atoms in total. The van der Waals surface area contributed by atoms with Gasteiger partial charge < -0.3 is 14.2 Å². The predicted octanol–water partition coefficient (Wildman–Crippen LogP) is 2.68. The Morgan fingerprint density at radius 3 is 2.89 bits per heavy atom. The topological polar surface area (TPSA) is 44.8 Å². The van der Waals surface area contributed by atoms with Gasteiger partial charge in [-0.2, -0.15) is 0 Å². The van der Waals surface area contributed by atoms with Crippen LogP contribution in [-0.4, -0.2) is 42.8 Å². The van der Waals surface area contributed by atoms with E-state index in [0.717, 1.165) is 32.3 Å². The van der Waals surface area contributed by atoms with Crippen LogP contribution in [0.15, 0.2) is 0 Å². The van der Waals surface area contributed by atoms with Crippen molar-refractivity contribution in [2.75, 3.05) is 19.8 Å². The molecule has 0 aromatic rings. The molecule has 1 heterocycles. The maximum atomic E-state index is 11.7. The van der Waals surface area contributed by atoms with Crippen molar-refractivity contribution in [3.05, 3.63) is 0 Å². The SMILES string of the molecule is CCOC(=O)C1CC(Br)C(OCC2CCCCO2)C1. The number of halogens is 1. The van der Waals surface area contributed by atoms with Crippen LogP contribution in [0, 0.1) is 5.92 Å². The van der Waals surface area contributed by atoms with Crippen LogP contribution in [-0.2, 0) is 19.0 Å². The summed E-state index contributed by atoms with van der Waals surface area (Å²) in [7, 11) is 0. The molecular weight excluding hydrogens is 312 g/mol. The first-order chi connectivity index (χ1) is 9.20. The summed E-state index contributed by atoms with van der Waals surface area (Å²) in [6, 6.07) is 0. The molecule has 4 atom stereocenters. The summed E-state index contributed by atoms with van der Waals surface area (Å²) in [4.78, 5) is 12.0. The molecule has 1 aliphatic carbocycles. The van der Waals surface area contributed by atoms with Gasteiger partial charge in [0.25, 0.3) is 0 Å². The van der Waals surface area contributed by atoms with Crippen molar-refractivity contribution >= 4 is 21.9 Å². The van der Waals surface area contributed by atoms with Crippen molar-refractivity contribution < 1.29 is 19.0 Å². The first-order valence-electron chi connectivity index (χ1n) is 7.24. The fourth-order valence-corrected chi connectivity index (χ4v) is 3.56. The van der Waals surface area contributed by atoms with Gasteiger partial charge in [-0.15, -0.1) is 0 Å². The van der Waals surface area contributed by atoms with E-state index in [-0.39, 0.29) is 28.9 Å². The Labute approximate surface area is 123 Å². The Balaban J connectivity index is 1.73. The van der Waals surface area contributed by atoms with E-state index in [1.807, 2.05) is 6.92 Å². The van der Waals surface area contributed by atoms with Crippen LogP contribution in [0.2, 0.25) is 0 Å². The monoisotopic (exact) mass is 334 g/mol. The Kier molecular flexibility index (Phi) is 6.10. The van der Waals surface area contributed by atoms with Gasteiger partial charge in [-0.1, -0.05) is 15.9 Å². The molecule has 0 aromatic heterocycles. The van der Waals surface area contributed by atoms with Gasteiger partial charge in [0.05, 0.1) is 31.3 Å². The number of carbonyl (C=O) groups is 1. The number of carbonyl (C=O) groups excluding carboxylic acids is 1. The average molecular weight is 335 g/mol. The summed E-state index contributed by atoms with van der Waals surface area (Å²) in [5.41, 5.74) is 0. The van der Waals surface area contributed by atoms with Crippen LogP contribution in [0.5, 0.6) is 0 Å². The van der Waals surface area contributed by atoms with E-state index in [2.05, 4.69) is 15.9 Å². The molecule has 5 heteroatoms. The summed E-state index contributed by atoms with van der Waals surface area (Å²) in [5, 5.41) is 0. The lowest BCUT2D eigenvalue weighted by Gasteiger charge is -2.25. The first-order valence-corrected chi connectivity index (χ1v) is 8.16. The molecule has 1 saturated carbocycles. The molecule has 0 aromatic carbocycles. The van der Waals surface area contributed by atoms with Crippen molar-refractivity contribution in [2.45, 2.75) is 56.1 Å². The second-order valence-corrected chi connectivity index (χ2v) is 6.47. The van der Waals surface area contributed by atoms with E-state index in [9.17, 15) is 4.79 Å². The smallest absolute Gasteiger partial charge is 0.309 e. The molecule has 1 saturated heterocycles. The zero-order chi connectivity index (χ0) is 13.7. The minimum atomic E-state index is -0.0908. The molecule has 1 aliphatic heterocycles. The van der Waals surface area contributed by atoms with Gasteiger partial charge in [-0.25, -0.2) is 0 Å².